The molecule has 3 amide bonds. The number of likely N-dealkylation sites (N-methyl/N-ethyl adjacent to an activating group) is 1. The summed E-state index contributed by atoms with van der Waals surface area (Å²) in [6.07, 6.45) is 0.418. The van der Waals surface area contributed by atoms with Gasteiger partial charge in [-0.15, -0.1) is 11.3 Å². The van der Waals surface area contributed by atoms with E-state index in [4.69, 9.17) is 0 Å². The maximum atomic E-state index is 13.4. The first kappa shape index (κ1) is 22.3. The van der Waals surface area contributed by atoms with E-state index in [1.807, 2.05) is 18.2 Å². The Morgan fingerprint density at radius 2 is 1.97 bits per heavy atom. The molecule has 2 aromatic carbocycles. The SMILES string of the molecule is C[C@H](NC(=O)c1cccc(F)c1)C(=O)NC1N=C(c2nccs2)c2ccccc2N(C)C1=O. The zero-order valence-corrected chi connectivity index (χ0v) is 18.6. The number of aliphatic imine (C=N–C) groups is 1. The Balaban J connectivity index is 1.57. The number of nitrogens with one attached hydrogen (secondary N) is 2. The Morgan fingerprint density at radius 1 is 1.18 bits per heavy atom. The average molecular weight is 466 g/mol. The van der Waals surface area contributed by atoms with Crippen LogP contribution >= 0.6 is 11.3 Å². The highest BCUT2D eigenvalue weighted by Gasteiger charge is 2.32. The van der Waals surface area contributed by atoms with Crippen molar-refractivity contribution in [1.29, 1.82) is 0 Å². The predicted octanol–water partition coefficient (Wildman–Crippen LogP) is 2.36. The first-order valence-electron chi connectivity index (χ1n) is 10.1. The number of amides is 3. The second-order valence-electron chi connectivity index (χ2n) is 7.35. The van der Waals surface area contributed by atoms with Gasteiger partial charge in [-0.25, -0.2) is 14.4 Å². The third-order valence-corrected chi connectivity index (χ3v) is 5.86. The molecule has 8 nitrogen and oxygen atoms in total. The lowest BCUT2D eigenvalue weighted by atomic mass is 10.1. The molecule has 0 bridgehead atoms. The van der Waals surface area contributed by atoms with Gasteiger partial charge in [0.2, 0.25) is 12.1 Å². The van der Waals surface area contributed by atoms with Crippen LogP contribution in [-0.2, 0) is 9.59 Å². The van der Waals surface area contributed by atoms with E-state index in [-0.39, 0.29) is 5.56 Å². The fraction of sp³-hybridized carbons (Fsp3) is 0.174. The number of para-hydroxylation sites is 1. The van der Waals surface area contributed by atoms with E-state index in [1.165, 1.54) is 41.4 Å². The molecular weight excluding hydrogens is 445 g/mol. The normalized spacial score (nSPS) is 16.3. The first-order chi connectivity index (χ1) is 15.8. The van der Waals surface area contributed by atoms with Crippen LogP contribution in [0, 0.1) is 5.82 Å². The largest absolute Gasteiger partial charge is 0.341 e. The van der Waals surface area contributed by atoms with E-state index in [2.05, 4.69) is 20.6 Å². The van der Waals surface area contributed by atoms with E-state index in [1.54, 1.807) is 24.7 Å². The molecule has 0 spiro atoms. The van der Waals surface area contributed by atoms with Crippen LogP contribution in [-0.4, -0.2) is 47.7 Å². The molecule has 1 aliphatic rings. The van der Waals surface area contributed by atoms with Crippen molar-refractivity contribution in [3.05, 3.63) is 82.1 Å². The third kappa shape index (κ3) is 4.65. The minimum absolute atomic E-state index is 0.0828. The smallest absolute Gasteiger partial charge is 0.272 e. The van der Waals surface area contributed by atoms with Crippen molar-refractivity contribution >= 4 is 40.5 Å². The van der Waals surface area contributed by atoms with Crippen molar-refractivity contribution in [2.24, 2.45) is 4.99 Å². The summed E-state index contributed by atoms with van der Waals surface area (Å²) in [7, 11) is 1.61. The molecule has 0 radical (unpaired) electrons. The Morgan fingerprint density at radius 3 is 2.70 bits per heavy atom. The standard InChI is InChI=1S/C23H20FN5O3S/c1-13(26-21(31)14-6-5-7-15(24)12-14)20(30)28-19-23(32)29(2)17-9-4-3-8-16(17)18(27-19)22-25-10-11-33-22/h3-13,19H,1-2H3,(H,26,31)(H,28,30)/t13-,19?/m0/s1. The highest BCUT2D eigenvalue weighted by molar-refractivity contribution is 7.12. The summed E-state index contributed by atoms with van der Waals surface area (Å²) in [5.41, 5.74) is 1.92. The molecule has 1 unspecified atom stereocenters. The fourth-order valence-electron chi connectivity index (χ4n) is 3.36. The number of anilines is 1. The lowest BCUT2D eigenvalue weighted by molar-refractivity contribution is -0.128. The second kappa shape index (κ2) is 9.29. The number of aromatic nitrogens is 1. The molecule has 33 heavy (non-hydrogen) atoms. The molecule has 1 aromatic heterocycles. The van der Waals surface area contributed by atoms with Crippen LogP contribution in [0.2, 0.25) is 0 Å². The van der Waals surface area contributed by atoms with E-state index < -0.39 is 35.7 Å². The molecule has 0 aliphatic carbocycles. The summed E-state index contributed by atoms with van der Waals surface area (Å²) in [5.74, 6) is -2.22. The number of thiazole rings is 1. The van der Waals surface area contributed by atoms with Crippen LogP contribution in [0.3, 0.4) is 0 Å². The first-order valence-corrected chi connectivity index (χ1v) is 10.9. The van der Waals surface area contributed by atoms with Crippen LogP contribution in [0.4, 0.5) is 10.1 Å². The van der Waals surface area contributed by atoms with Gasteiger partial charge in [-0.2, -0.15) is 0 Å². The van der Waals surface area contributed by atoms with Gasteiger partial charge in [0.05, 0.1) is 5.69 Å². The molecule has 2 atom stereocenters. The second-order valence-corrected chi connectivity index (χ2v) is 8.24. The molecule has 2 N–H and O–H groups in total. The molecule has 0 saturated carbocycles. The monoisotopic (exact) mass is 465 g/mol. The minimum Gasteiger partial charge on any atom is -0.341 e. The van der Waals surface area contributed by atoms with Crippen molar-refractivity contribution in [2.45, 2.75) is 19.1 Å². The van der Waals surface area contributed by atoms with Crippen molar-refractivity contribution < 1.29 is 18.8 Å². The maximum absolute atomic E-state index is 13.4. The van der Waals surface area contributed by atoms with Crippen molar-refractivity contribution in [3.63, 3.8) is 0 Å². The maximum Gasteiger partial charge on any atom is 0.272 e. The van der Waals surface area contributed by atoms with Gasteiger partial charge in [0.25, 0.3) is 11.8 Å². The van der Waals surface area contributed by atoms with Gasteiger partial charge in [0, 0.05) is 29.8 Å². The summed E-state index contributed by atoms with van der Waals surface area (Å²) in [6.45, 7) is 1.47. The number of rotatable bonds is 5. The van der Waals surface area contributed by atoms with Gasteiger partial charge in [0.15, 0.2) is 0 Å². The zero-order chi connectivity index (χ0) is 23.5. The van der Waals surface area contributed by atoms with E-state index in [0.717, 1.165) is 6.07 Å². The highest BCUT2D eigenvalue weighted by Crippen LogP contribution is 2.27. The molecule has 0 fully saturated rings. The molecular formula is C23H20FN5O3S. The van der Waals surface area contributed by atoms with Crippen LogP contribution in [0.15, 0.2) is 65.1 Å². The molecule has 3 aromatic rings. The van der Waals surface area contributed by atoms with Crippen molar-refractivity contribution in [2.75, 3.05) is 11.9 Å². The number of hydrogen-bond acceptors (Lipinski definition) is 6. The van der Waals surface area contributed by atoms with E-state index in [9.17, 15) is 18.8 Å². The third-order valence-electron chi connectivity index (χ3n) is 5.08. The van der Waals surface area contributed by atoms with Crippen molar-refractivity contribution in [1.82, 2.24) is 15.6 Å². The number of hydrogen-bond donors (Lipinski definition) is 2. The number of benzene rings is 2. The highest BCUT2D eigenvalue weighted by atomic mass is 32.1. The van der Waals surface area contributed by atoms with E-state index >= 15 is 0 Å². The number of halogens is 1. The fourth-order valence-corrected chi connectivity index (χ4v) is 4.01. The molecule has 4 rings (SSSR count). The van der Waals surface area contributed by atoms with Crippen LogP contribution in [0.25, 0.3) is 0 Å². The number of benzodiazepines with no additional fused rings is 1. The number of carbonyl (C=O) groups is 3. The topological polar surface area (TPSA) is 104 Å². The lowest BCUT2D eigenvalue weighted by Crippen LogP contribution is -2.52. The molecule has 1 aliphatic heterocycles. The van der Waals surface area contributed by atoms with Crippen LogP contribution in [0.1, 0.15) is 27.9 Å². The number of nitrogens with zero attached hydrogens (tertiary/aromatic N) is 3. The summed E-state index contributed by atoms with van der Waals surface area (Å²) in [5, 5.41) is 7.52. The van der Waals surface area contributed by atoms with Gasteiger partial charge in [-0.3, -0.25) is 14.4 Å². The Bertz CT molecular complexity index is 1240. The van der Waals surface area contributed by atoms with Crippen LogP contribution in [0.5, 0.6) is 0 Å². The summed E-state index contributed by atoms with van der Waals surface area (Å²) >= 11 is 1.37. The molecule has 0 saturated heterocycles. The van der Waals surface area contributed by atoms with Gasteiger partial charge in [-0.05, 0) is 31.2 Å². The predicted molar refractivity (Wildman–Crippen MR) is 123 cm³/mol. The molecule has 2 heterocycles. The van der Waals surface area contributed by atoms with Gasteiger partial charge >= 0.3 is 0 Å². The van der Waals surface area contributed by atoms with Gasteiger partial charge in [0.1, 0.15) is 22.6 Å². The summed E-state index contributed by atoms with van der Waals surface area (Å²) < 4.78 is 13.4. The minimum atomic E-state index is -1.22. The number of carbonyl (C=O) groups excluding carboxylic acids is 3. The quantitative estimate of drug-likeness (QED) is 0.604. The zero-order valence-electron chi connectivity index (χ0n) is 17.8. The Hall–Kier alpha value is -3.92. The summed E-state index contributed by atoms with van der Waals surface area (Å²) in [4.78, 5) is 48.6. The Kier molecular flexibility index (Phi) is 6.27. The van der Waals surface area contributed by atoms with Gasteiger partial charge in [-0.1, -0.05) is 24.3 Å². The van der Waals surface area contributed by atoms with Gasteiger partial charge < -0.3 is 15.5 Å². The average Bonchev–Trinajstić information content (AvgIpc) is 3.32. The molecule has 10 heteroatoms. The summed E-state index contributed by atoms with van der Waals surface area (Å²) in [6, 6.07) is 11.4. The van der Waals surface area contributed by atoms with Crippen LogP contribution < -0.4 is 15.5 Å². The molecule has 168 valence electrons. The number of fused-ring (bicyclic) bond motifs is 1. The lowest BCUT2D eigenvalue weighted by Gasteiger charge is -2.22. The van der Waals surface area contributed by atoms with E-state index in [0.29, 0.717) is 22.0 Å². The van der Waals surface area contributed by atoms with Crippen molar-refractivity contribution in [3.8, 4) is 0 Å². The Labute approximate surface area is 193 Å².